The fourth-order valence-electron chi connectivity index (χ4n) is 2.40. The van der Waals surface area contributed by atoms with E-state index in [1.54, 1.807) is 0 Å². The van der Waals surface area contributed by atoms with E-state index >= 15 is 0 Å². The Morgan fingerprint density at radius 2 is 1.90 bits per heavy atom. The molecule has 0 aliphatic carbocycles. The van der Waals surface area contributed by atoms with Crippen molar-refractivity contribution in [2.45, 2.75) is 19.4 Å². The van der Waals surface area contributed by atoms with Gasteiger partial charge in [0, 0.05) is 5.92 Å². The average Bonchev–Trinajstić information content (AvgIpc) is 2.55. The predicted molar refractivity (Wildman–Crippen MR) is 88.4 cm³/mol. The Morgan fingerprint density at radius 3 is 2.57 bits per heavy atom. The molecule has 2 unspecified atom stereocenters. The molecule has 0 saturated heterocycles. The van der Waals surface area contributed by atoms with Gasteiger partial charge in [-0.2, -0.15) is 0 Å². The van der Waals surface area contributed by atoms with Crippen molar-refractivity contribution in [1.29, 1.82) is 0 Å². The number of hydrogen-bond acceptors (Lipinski definition) is 2. The maximum absolute atomic E-state index is 5.88. The summed E-state index contributed by atoms with van der Waals surface area (Å²) in [4.78, 5) is 0. The topological polar surface area (TPSA) is 35.2 Å². The molecule has 0 heterocycles. The molecule has 0 amide bonds. The van der Waals surface area contributed by atoms with Crippen LogP contribution in [0.3, 0.4) is 0 Å². The van der Waals surface area contributed by atoms with Crippen molar-refractivity contribution in [2.24, 2.45) is 11.7 Å². The number of hydrogen-bond donors (Lipinski definition) is 1. The van der Waals surface area contributed by atoms with E-state index in [1.165, 1.54) is 11.1 Å². The standard InChI is InChI=1S/C19H23NO/c1-3-19(15(2)13-20)17-10-7-11-18(12-17)21-14-16-8-5-4-6-9-16/h3-12,15,19H,1,13-14,20H2,2H3. The van der Waals surface area contributed by atoms with Crippen molar-refractivity contribution < 1.29 is 4.74 Å². The van der Waals surface area contributed by atoms with Gasteiger partial charge in [-0.3, -0.25) is 0 Å². The van der Waals surface area contributed by atoms with Crippen molar-refractivity contribution >= 4 is 0 Å². The predicted octanol–water partition coefficient (Wildman–Crippen LogP) is 4.13. The fraction of sp³-hybridized carbons (Fsp3) is 0.263. The normalized spacial score (nSPS) is 13.4. The zero-order valence-corrected chi connectivity index (χ0v) is 12.5. The lowest BCUT2D eigenvalue weighted by atomic mass is 9.87. The van der Waals surface area contributed by atoms with Crippen LogP contribution in [0.1, 0.15) is 24.0 Å². The molecular formula is C19H23NO. The number of allylic oxidation sites excluding steroid dienone is 1. The highest BCUT2D eigenvalue weighted by Gasteiger charge is 2.15. The van der Waals surface area contributed by atoms with Crippen LogP contribution in [-0.2, 0) is 6.61 Å². The second kappa shape index (κ2) is 7.65. The third-order valence-electron chi connectivity index (χ3n) is 3.73. The lowest BCUT2D eigenvalue weighted by molar-refractivity contribution is 0.305. The van der Waals surface area contributed by atoms with Gasteiger partial charge in [-0.1, -0.05) is 55.5 Å². The van der Waals surface area contributed by atoms with E-state index in [-0.39, 0.29) is 5.92 Å². The molecule has 0 fully saturated rings. The van der Waals surface area contributed by atoms with E-state index in [1.807, 2.05) is 36.4 Å². The van der Waals surface area contributed by atoms with Crippen LogP contribution in [0.5, 0.6) is 5.75 Å². The molecule has 2 aromatic carbocycles. The van der Waals surface area contributed by atoms with Crippen LogP contribution in [0.2, 0.25) is 0 Å². The van der Waals surface area contributed by atoms with Crippen LogP contribution in [0.25, 0.3) is 0 Å². The Hall–Kier alpha value is -2.06. The summed E-state index contributed by atoms with van der Waals surface area (Å²) in [6.07, 6.45) is 1.97. The summed E-state index contributed by atoms with van der Waals surface area (Å²) in [5.41, 5.74) is 8.15. The first kappa shape index (κ1) is 15.3. The minimum Gasteiger partial charge on any atom is -0.489 e. The van der Waals surface area contributed by atoms with E-state index in [0.29, 0.717) is 19.1 Å². The van der Waals surface area contributed by atoms with Gasteiger partial charge >= 0.3 is 0 Å². The van der Waals surface area contributed by atoms with Gasteiger partial charge in [0.2, 0.25) is 0 Å². The first-order valence-corrected chi connectivity index (χ1v) is 7.34. The number of ether oxygens (including phenoxy) is 1. The first-order chi connectivity index (χ1) is 10.2. The molecule has 2 rings (SSSR count). The maximum atomic E-state index is 5.88. The zero-order valence-electron chi connectivity index (χ0n) is 12.5. The number of rotatable bonds is 7. The second-order valence-electron chi connectivity index (χ2n) is 5.32. The Balaban J connectivity index is 2.08. The molecule has 2 N–H and O–H groups in total. The summed E-state index contributed by atoms with van der Waals surface area (Å²) in [6, 6.07) is 18.4. The highest BCUT2D eigenvalue weighted by atomic mass is 16.5. The van der Waals surface area contributed by atoms with Crippen LogP contribution >= 0.6 is 0 Å². The maximum Gasteiger partial charge on any atom is 0.120 e. The van der Waals surface area contributed by atoms with Gasteiger partial charge in [-0.05, 0) is 35.7 Å². The summed E-state index contributed by atoms with van der Waals surface area (Å²) in [5.74, 6) is 1.51. The molecule has 110 valence electrons. The van der Waals surface area contributed by atoms with Crippen LogP contribution in [0.4, 0.5) is 0 Å². The molecule has 2 atom stereocenters. The van der Waals surface area contributed by atoms with Gasteiger partial charge in [-0.25, -0.2) is 0 Å². The molecule has 21 heavy (non-hydrogen) atoms. The Bertz CT molecular complexity index is 565. The number of nitrogens with two attached hydrogens (primary N) is 1. The van der Waals surface area contributed by atoms with Crippen molar-refractivity contribution in [1.82, 2.24) is 0 Å². The van der Waals surface area contributed by atoms with E-state index in [0.717, 1.165) is 5.75 Å². The van der Waals surface area contributed by atoms with Crippen LogP contribution in [0.15, 0.2) is 67.3 Å². The smallest absolute Gasteiger partial charge is 0.120 e. The third kappa shape index (κ3) is 4.20. The molecule has 2 nitrogen and oxygen atoms in total. The summed E-state index contributed by atoms with van der Waals surface area (Å²) >= 11 is 0. The highest BCUT2D eigenvalue weighted by Crippen LogP contribution is 2.28. The minimum atomic E-state index is 0.260. The quantitative estimate of drug-likeness (QED) is 0.774. The third-order valence-corrected chi connectivity index (χ3v) is 3.73. The molecule has 0 aliphatic rings. The molecular weight excluding hydrogens is 258 g/mol. The summed E-state index contributed by atoms with van der Waals surface area (Å²) in [6.45, 7) is 7.30. The molecule has 0 bridgehead atoms. The van der Waals surface area contributed by atoms with Gasteiger partial charge < -0.3 is 10.5 Å². The van der Waals surface area contributed by atoms with Crippen LogP contribution < -0.4 is 10.5 Å². The molecule has 2 aromatic rings. The van der Waals surface area contributed by atoms with E-state index < -0.39 is 0 Å². The molecule has 0 aliphatic heterocycles. The largest absolute Gasteiger partial charge is 0.489 e. The van der Waals surface area contributed by atoms with Crippen molar-refractivity contribution in [3.05, 3.63) is 78.4 Å². The van der Waals surface area contributed by atoms with Crippen molar-refractivity contribution in [3.8, 4) is 5.75 Å². The van der Waals surface area contributed by atoms with Crippen LogP contribution in [0, 0.1) is 5.92 Å². The molecule has 0 spiro atoms. The van der Waals surface area contributed by atoms with Gasteiger partial charge in [-0.15, -0.1) is 6.58 Å². The lowest BCUT2D eigenvalue weighted by Gasteiger charge is -2.20. The Kier molecular flexibility index (Phi) is 5.59. The van der Waals surface area contributed by atoms with Gasteiger partial charge in [0.05, 0.1) is 0 Å². The van der Waals surface area contributed by atoms with Crippen molar-refractivity contribution in [2.75, 3.05) is 6.54 Å². The summed E-state index contributed by atoms with van der Waals surface area (Å²) in [7, 11) is 0. The molecule has 0 saturated carbocycles. The van der Waals surface area contributed by atoms with E-state index in [4.69, 9.17) is 10.5 Å². The Morgan fingerprint density at radius 1 is 1.14 bits per heavy atom. The first-order valence-electron chi connectivity index (χ1n) is 7.34. The minimum absolute atomic E-state index is 0.260. The monoisotopic (exact) mass is 281 g/mol. The zero-order chi connectivity index (χ0) is 15.1. The van der Waals surface area contributed by atoms with Gasteiger partial charge in [0.15, 0.2) is 0 Å². The average molecular weight is 281 g/mol. The molecule has 2 heteroatoms. The van der Waals surface area contributed by atoms with Crippen LogP contribution in [-0.4, -0.2) is 6.54 Å². The van der Waals surface area contributed by atoms with E-state index in [9.17, 15) is 0 Å². The molecule has 0 aromatic heterocycles. The number of benzene rings is 2. The SMILES string of the molecule is C=CC(c1cccc(OCc2ccccc2)c1)C(C)CN. The van der Waals surface area contributed by atoms with E-state index in [2.05, 4.69) is 37.8 Å². The van der Waals surface area contributed by atoms with Gasteiger partial charge in [0.25, 0.3) is 0 Å². The summed E-state index contributed by atoms with van der Waals surface area (Å²) in [5, 5.41) is 0. The fourth-order valence-corrected chi connectivity index (χ4v) is 2.40. The molecule has 0 radical (unpaired) electrons. The summed E-state index contributed by atoms with van der Waals surface area (Å²) < 4.78 is 5.88. The van der Waals surface area contributed by atoms with Crippen molar-refractivity contribution in [3.63, 3.8) is 0 Å². The lowest BCUT2D eigenvalue weighted by Crippen LogP contribution is -2.17. The highest BCUT2D eigenvalue weighted by molar-refractivity contribution is 5.33. The second-order valence-corrected chi connectivity index (χ2v) is 5.32. The Labute approximate surface area is 127 Å². The van der Waals surface area contributed by atoms with Gasteiger partial charge in [0.1, 0.15) is 12.4 Å².